The van der Waals surface area contributed by atoms with Gasteiger partial charge >= 0.3 is 19.9 Å². The zero-order valence-electron chi connectivity index (χ0n) is 8.75. The summed E-state index contributed by atoms with van der Waals surface area (Å²) in [7, 11) is -5.82. The predicted octanol–water partition coefficient (Wildman–Crippen LogP) is 2.62. The fourth-order valence-corrected chi connectivity index (χ4v) is 2.30. The van der Waals surface area contributed by atoms with Crippen molar-refractivity contribution >= 4 is 7.60 Å². The minimum absolute atomic E-state index is 0.947. The fraction of sp³-hybridized carbons (Fsp3) is 0.857. The molecule has 0 aliphatic heterocycles. The highest BCUT2D eigenvalue weighted by atomic mass is 31.2. The van der Waals surface area contributed by atoms with E-state index in [-0.39, 0.29) is 0 Å². The lowest BCUT2D eigenvalue weighted by atomic mass is 10.1. The first kappa shape index (κ1) is 17.7. The van der Waals surface area contributed by atoms with Crippen LogP contribution in [-0.4, -0.2) is 34.1 Å². The normalized spacial score (nSPS) is 14.9. The lowest BCUT2D eigenvalue weighted by Gasteiger charge is -2.35. The Balaban J connectivity index is 5.52. The number of ether oxygens (including phenoxy) is 1. The molecule has 0 aromatic heterocycles. The Labute approximate surface area is 98.1 Å². The van der Waals surface area contributed by atoms with Crippen LogP contribution in [0.4, 0.5) is 26.3 Å². The van der Waals surface area contributed by atoms with Gasteiger partial charge in [-0.15, -0.1) is 0 Å². The van der Waals surface area contributed by atoms with Crippen LogP contribution in [0.25, 0.3) is 0 Å². The van der Waals surface area contributed by atoms with Crippen molar-refractivity contribution in [2.24, 2.45) is 0 Å². The number of hydrogen-bond donors (Lipinski definition) is 2. The molecule has 0 unspecified atom stereocenters. The number of rotatable bonds is 5. The highest BCUT2D eigenvalue weighted by molar-refractivity contribution is 7.53. The van der Waals surface area contributed by atoms with Gasteiger partial charge in [-0.05, 0) is 6.92 Å². The molecule has 0 aromatic rings. The third-order valence-electron chi connectivity index (χ3n) is 1.85. The molecule has 0 aliphatic carbocycles. The number of alkyl halides is 6. The van der Waals surface area contributed by atoms with Gasteiger partial charge in [0.15, 0.2) is 5.34 Å². The van der Waals surface area contributed by atoms with E-state index in [0.29, 0.717) is 0 Å². The molecule has 1 radical (unpaired) electrons. The van der Waals surface area contributed by atoms with Crippen LogP contribution in [-0.2, 0) is 9.30 Å². The average Bonchev–Trinajstić information content (AvgIpc) is 1.94. The molecule has 0 fully saturated rings. The average molecular weight is 303 g/mol. The van der Waals surface area contributed by atoms with Gasteiger partial charge in [-0.1, -0.05) is 0 Å². The first-order valence-corrected chi connectivity index (χ1v) is 5.96. The van der Waals surface area contributed by atoms with Gasteiger partial charge in [0.25, 0.3) is 0 Å². The summed E-state index contributed by atoms with van der Waals surface area (Å²) in [5.41, 5.74) is 0. The second kappa shape index (κ2) is 5.36. The number of hydrogen-bond acceptors (Lipinski definition) is 2. The van der Waals surface area contributed by atoms with Gasteiger partial charge in [-0.25, -0.2) is 0 Å². The first-order valence-electron chi connectivity index (χ1n) is 4.35. The summed E-state index contributed by atoms with van der Waals surface area (Å²) in [4.78, 5) is 17.5. The summed E-state index contributed by atoms with van der Waals surface area (Å²) < 4.78 is 88.0. The zero-order valence-corrected chi connectivity index (χ0v) is 9.65. The Morgan fingerprint density at radius 2 is 1.33 bits per heavy atom. The van der Waals surface area contributed by atoms with Gasteiger partial charge < -0.3 is 14.5 Å². The van der Waals surface area contributed by atoms with E-state index in [1.807, 2.05) is 0 Å². The topological polar surface area (TPSA) is 66.8 Å². The maximum atomic E-state index is 12.2. The predicted molar refractivity (Wildman–Crippen MR) is 47.4 cm³/mol. The highest BCUT2D eigenvalue weighted by Crippen LogP contribution is 2.59. The summed E-state index contributed by atoms with van der Waals surface area (Å²) >= 11 is 0. The molecular weight excluding hydrogens is 293 g/mol. The lowest BCUT2D eigenvalue weighted by molar-refractivity contribution is -0.209. The fourth-order valence-electron chi connectivity index (χ4n) is 1.27. The van der Waals surface area contributed by atoms with E-state index in [0.717, 1.165) is 0 Å². The summed E-state index contributed by atoms with van der Waals surface area (Å²) in [6.45, 7) is 1.90. The molecule has 0 aliphatic rings. The van der Waals surface area contributed by atoms with Crippen molar-refractivity contribution in [3.63, 3.8) is 0 Å². The molecule has 0 spiro atoms. The van der Waals surface area contributed by atoms with Crippen LogP contribution in [0.1, 0.15) is 12.8 Å². The third kappa shape index (κ3) is 5.55. The highest BCUT2D eigenvalue weighted by Gasteiger charge is 2.59. The third-order valence-corrected chi connectivity index (χ3v) is 3.36. The summed E-state index contributed by atoms with van der Waals surface area (Å²) in [6, 6.07) is 0. The monoisotopic (exact) mass is 303 g/mol. The Morgan fingerprint density at radius 3 is 1.50 bits per heavy atom. The van der Waals surface area contributed by atoms with Crippen LogP contribution in [0.5, 0.6) is 0 Å². The van der Waals surface area contributed by atoms with Crippen LogP contribution in [0.2, 0.25) is 0 Å². The number of halogens is 6. The molecular formula is C7H10F6O4P. The molecule has 0 aromatic carbocycles. The second-order valence-electron chi connectivity index (χ2n) is 3.42. The molecule has 0 amide bonds. The van der Waals surface area contributed by atoms with Gasteiger partial charge in [-0.2, -0.15) is 26.3 Å². The van der Waals surface area contributed by atoms with Crippen molar-refractivity contribution in [3.05, 3.63) is 6.92 Å². The maximum Gasteiger partial charge on any atom is 0.392 e. The van der Waals surface area contributed by atoms with Crippen LogP contribution >= 0.6 is 7.60 Å². The van der Waals surface area contributed by atoms with Crippen LogP contribution in [0.3, 0.4) is 0 Å². The summed E-state index contributed by atoms with van der Waals surface area (Å²) in [5, 5.41) is -3.69. The van der Waals surface area contributed by atoms with Crippen LogP contribution in [0, 0.1) is 6.92 Å². The van der Waals surface area contributed by atoms with Crippen molar-refractivity contribution in [1.29, 1.82) is 0 Å². The summed E-state index contributed by atoms with van der Waals surface area (Å²) in [6.07, 6.45) is -15.3. The van der Waals surface area contributed by atoms with Crippen LogP contribution < -0.4 is 0 Å². The van der Waals surface area contributed by atoms with Gasteiger partial charge in [-0.3, -0.25) is 4.57 Å². The van der Waals surface area contributed by atoms with E-state index in [1.165, 1.54) is 0 Å². The first-order chi connectivity index (χ1) is 7.72. The molecule has 0 bridgehead atoms. The van der Waals surface area contributed by atoms with E-state index < -0.39 is 44.7 Å². The largest absolute Gasteiger partial charge is 0.392 e. The van der Waals surface area contributed by atoms with Gasteiger partial charge in [0.05, 0.1) is 12.8 Å². The van der Waals surface area contributed by atoms with Gasteiger partial charge in [0, 0.05) is 6.61 Å². The Kier molecular flexibility index (Phi) is 5.27. The Bertz CT molecular complexity index is 303. The van der Waals surface area contributed by atoms with E-state index >= 15 is 0 Å². The molecule has 4 nitrogen and oxygen atoms in total. The van der Waals surface area contributed by atoms with Crippen molar-refractivity contribution in [2.75, 3.05) is 6.61 Å². The Hall–Kier alpha value is -0.310. The molecule has 2 N–H and O–H groups in total. The minimum atomic E-state index is -5.82. The van der Waals surface area contributed by atoms with Crippen molar-refractivity contribution < 1.29 is 45.4 Å². The Morgan fingerprint density at radius 1 is 1.00 bits per heavy atom. The molecule has 109 valence electrons. The maximum absolute atomic E-state index is 12.2. The standard InChI is InChI=1S/C7H10F6O4P/c1-2-17-5(18(14,15)16,3-6(8,9)10)4-7(11,12)13/h1-4H2,(H2,14,15,16). The van der Waals surface area contributed by atoms with E-state index in [1.54, 1.807) is 0 Å². The molecule has 11 heteroatoms. The van der Waals surface area contributed by atoms with E-state index in [2.05, 4.69) is 11.7 Å². The molecule has 0 atom stereocenters. The minimum Gasteiger partial charge on any atom is -0.362 e. The van der Waals surface area contributed by atoms with E-state index in [9.17, 15) is 30.9 Å². The van der Waals surface area contributed by atoms with Gasteiger partial charge in [0.2, 0.25) is 0 Å². The molecule has 0 heterocycles. The van der Waals surface area contributed by atoms with Crippen LogP contribution in [0.15, 0.2) is 0 Å². The molecule has 18 heavy (non-hydrogen) atoms. The van der Waals surface area contributed by atoms with Crippen molar-refractivity contribution in [3.8, 4) is 0 Å². The quantitative estimate of drug-likeness (QED) is 0.605. The smallest absolute Gasteiger partial charge is 0.362 e. The summed E-state index contributed by atoms with van der Waals surface area (Å²) in [5.74, 6) is 0. The molecule has 0 saturated heterocycles. The molecule has 0 saturated carbocycles. The van der Waals surface area contributed by atoms with Crippen molar-refractivity contribution in [1.82, 2.24) is 0 Å². The molecule has 0 rings (SSSR count). The van der Waals surface area contributed by atoms with Crippen molar-refractivity contribution in [2.45, 2.75) is 30.5 Å². The second-order valence-corrected chi connectivity index (χ2v) is 5.33. The zero-order chi connectivity index (χ0) is 14.8. The van der Waals surface area contributed by atoms with E-state index in [4.69, 9.17) is 9.79 Å². The lowest BCUT2D eigenvalue weighted by Crippen LogP contribution is -2.41. The SMILES string of the molecule is [CH2]COC(CC(F)(F)F)(CC(F)(F)F)P(=O)(O)O. The van der Waals surface area contributed by atoms with Gasteiger partial charge in [0.1, 0.15) is 0 Å².